The maximum absolute atomic E-state index is 14.1. The molecule has 2 heterocycles. The van der Waals surface area contributed by atoms with Gasteiger partial charge < -0.3 is 10.3 Å². The van der Waals surface area contributed by atoms with Gasteiger partial charge in [0.15, 0.2) is 0 Å². The van der Waals surface area contributed by atoms with Crippen molar-refractivity contribution in [1.82, 2.24) is 20.2 Å². The summed E-state index contributed by atoms with van der Waals surface area (Å²) >= 11 is 0. The lowest BCUT2D eigenvalue weighted by molar-refractivity contribution is 0.391. The lowest BCUT2D eigenvalue weighted by Crippen LogP contribution is -2.07. The van der Waals surface area contributed by atoms with Crippen LogP contribution in [0.3, 0.4) is 0 Å². The molecular formula is C15H16FN5O. The molecule has 7 heteroatoms. The summed E-state index contributed by atoms with van der Waals surface area (Å²) in [5.74, 6) is 0.376. The zero-order valence-corrected chi connectivity index (χ0v) is 12.4. The van der Waals surface area contributed by atoms with Crippen molar-refractivity contribution in [2.75, 3.05) is 0 Å². The Balaban J connectivity index is 2.10. The summed E-state index contributed by atoms with van der Waals surface area (Å²) in [5, 5.41) is 12.1. The Morgan fingerprint density at radius 3 is 2.68 bits per heavy atom. The summed E-state index contributed by atoms with van der Waals surface area (Å²) in [6, 6.07) is 6.51. The summed E-state index contributed by atoms with van der Waals surface area (Å²) in [5.41, 5.74) is 8.97. The SMILES string of the molecule is Cc1noc(C)c1Cn1nnc(CN)c1-c1ccccc1F. The second-order valence-corrected chi connectivity index (χ2v) is 5.03. The first-order valence-electron chi connectivity index (χ1n) is 6.91. The van der Waals surface area contributed by atoms with E-state index in [0.717, 1.165) is 11.3 Å². The molecule has 0 bridgehead atoms. The van der Waals surface area contributed by atoms with Gasteiger partial charge in [-0.25, -0.2) is 9.07 Å². The second kappa shape index (κ2) is 5.69. The minimum Gasteiger partial charge on any atom is -0.361 e. The van der Waals surface area contributed by atoms with E-state index in [1.54, 1.807) is 22.9 Å². The third-order valence-corrected chi connectivity index (χ3v) is 3.62. The van der Waals surface area contributed by atoms with Crippen LogP contribution in [0.2, 0.25) is 0 Å². The van der Waals surface area contributed by atoms with Crippen LogP contribution in [0.25, 0.3) is 11.3 Å². The second-order valence-electron chi connectivity index (χ2n) is 5.03. The molecule has 0 atom stereocenters. The maximum atomic E-state index is 14.1. The van der Waals surface area contributed by atoms with Crippen molar-refractivity contribution in [2.24, 2.45) is 5.73 Å². The van der Waals surface area contributed by atoms with Crippen LogP contribution in [-0.4, -0.2) is 20.2 Å². The zero-order valence-electron chi connectivity index (χ0n) is 12.4. The Morgan fingerprint density at radius 2 is 2.05 bits per heavy atom. The minimum atomic E-state index is -0.334. The van der Waals surface area contributed by atoms with Crippen LogP contribution >= 0.6 is 0 Å². The molecule has 0 saturated carbocycles. The largest absolute Gasteiger partial charge is 0.361 e. The molecule has 2 N–H and O–H groups in total. The molecule has 0 aliphatic rings. The van der Waals surface area contributed by atoms with Crippen molar-refractivity contribution >= 4 is 0 Å². The van der Waals surface area contributed by atoms with Crippen molar-refractivity contribution in [3.05, 3.63) is 52.8 Å². The Labute approximate surface area is 126 Å². The number of aromatic nitrogens is 4. The molecule has 0 saturated heterocycles. The molecule has 0 fully saturated rings. The first-order valence-corrected chi connectivity index (χ1v) is 6.91. The monoisotopic (exact) mass is 301 g/mol. The van der Waals surface area contributed by atoms with E-state index in [-0.39, 0.29) is 12.4 Å². The number of halogens is 1. The van der Waals surface area contributed by atoms with Crippen molar-refractivity contribution in [2.45, 2.75) is 26.9 Å². The fourth-order valence-electron chi connectivity index (χ4n) is 2.42. The van der Waals surface area contributed by atoms with Crippen LogP contribution in [0.1, 0.15) is 22.7 Å². The maximum Gasteiger partial charge on any atom is 0.138 e. The van der Waals surface area contributed by atoms with Gasteiger partial charge in [-0.3, -0.25) is 0 Å². The lowest BCUT2D eigenvalue weighted by atomic mass is 10.1. The number of nitrogens with two attached hydrogens (primary N) is 1. The van der Waals surface area contributed by atoms with Crippen molar-refractivity contribution in [3.8, 4) is 11.3 Å². The molecular weight excluding hydrogens is 285 g/mol. The fourth-order valence-corrected chi connectivity index (χ4v) is 2.42. The van der Waals surface area contributed by atoms with Gasteiger partial charge in [-0.15, -0.1) is 5.10 Å². The summed E-state index contributed by atoms with van der Waals surface area (Å²) in [4.78, 5) is 0. The van der Waals surface area contributed by atoms with Crippen LogP contribution in [0.4, 0.5) is 4.39 Å². The molecule has 0 unspecified atom stereocenters. The van der Waals surface area contributed by atoms with Crippen LogP contribution in [0.15, 0.2) is 28.8 Å². The van der Waals surface area contributed by atoms with E-state index in [1.165, 1.54) is 6.07 Å². The lowest BCUT2D eigenvalue weighted by Gasteiger charge is -2.08. The molecule has 0 radical (unpaired) electrons. The normalized spacial score (nSPS) is 11.1. The molecule has 22 heavy (non-hydrogen) atoms. The average Bonchev–Trinajstić information content (AvgIpc) is 3.06. The number of rotatable bonds is 4. The van der Waals surface area contributed by atoms with Crippen LogP contribution in [0.5, 0.6) is 0 Å². The van der Waals surface area contributed by atoms with E-state index in [4.69, 9.17) is 10.3 Å². The van der Waals surface area contributed by atoms with Crippen LogP contribution < -0.4 is 5.73 Å². The third-order valence-electron chi connectivity index (χ3n) is 3.62. The fraction of sp³-hybridized carbons (Fsp3) is 0.267. The highest BCUT2D eigenvalue weighted by atomic mass is 19.1. The summed E-state index contributed by atoms with van der Waals surface area (Å²) in [6.45, 7) is 4.28. The smallest absolute Gasteiger partial charge is 0.138 e. The highest BCUT2D eigenvalue weighted by Crippen LogP contribution is 2.26. The van der Waals surface area contributed by atoms with E-state index < -0.39 is 0 Å². The first kappa shape index (κ1) is 14.4. The Hall–Kier alpha value is -2.54. The van der Waals surface area contributed by atoms with E-state index in [0.29, 0.717) is 29.3 Å². The highest BCUT2D eigenvalue weighted by Gasteiger charge is 2.19. The summed E-state index contributed by atoms with van der Waals surface area (Å²) < 4.78 is 20.9. The number of nitrogens with zero attached hydrogens (tertiary/aromatic N) is 4. The van der Waals surface area contributed by atoms with Crippen LogP contribution in [0, 0.1) is 19.7 Å². The Morgan fingerprint density at radius 1 is 1.27 bits per heavy atom. The van der Waals surface area contributed by atoms with Gasteiger partial charge in [0.2, 0.25) is 0 Å². The predicted molar refractivity (Wildman–Crippen MR) is 78.4 cm³/mol. The first-order chi connectivity index (χ1) is 10.6. The third kappa shape index (κ3) is 2.39. The molecule has 0 amide bonds. The summed E-state index contributed by atoms with van der Waals surface area (Å²) in [7, 11) is 0. The van der Waals surface area contributed by atoms with Gasteiger partial charge in [0.25, 0.3) is 0 Å². The van der Waals surface area contributed by atoms with Crippen LogP contribution in [-0.2, 0) is 13.1 Å². The van der Waals surface area contributed by atoms with E-state index >= 15 is 0 Å². The molecule has 114 valence electrons. The standard InChI is InChI=1S/C15H16FN5O/c1-9-12(10(2)22-19-9)8-21-15(14(7-17)18-20-21)11-5-3-4-6-13(11)16/h3-6H,7-8,17H2,1-2H3. The molecule has 0 aliphatic heterocycles. The summed E-state index contributed by atoms with van der Waals surface area (Å²) in [6.07, 6.45) is 0. The van der Waals surface area contributed by atoms with Gasteiger partial charge in [-0.1, -0.05) is 22.5 Å². The minimum absolute atomic E-state index is 0.186. The van der Waals surface area contributed by atoms with Gasteiger partial charge in [0, 0.05) is 17.7 Å². The average molecular weight is 301 g/mol. The number of benzene rings is 1. The van der Waals surface area contributed by atoms with Crippen molar-refractivity contribution < 1.29 is 8.91 Å². The molecule has 3 rings (SSSR count). The quantitative estimate of drug-likeness (QED) is 0.798. The number of hydrogen-bond donors (Lipinski definition) is 1. The number of hydrogen-bond acceptors (Lipinski definition) is 5. The topological polar surface area (TPSA) is 82.8 Å². The van der Waals surface area contributed by atoms with Gasteiger partial charge >= 0.3 is 0 Å². The Kier molecular flexibility index (Phi) is 3.72. The molecule has 6 nitrogen and oxygen atoms in total. The van der Waals surface area contributed by atoms with Gasteiger partial charge in [-0.05, 0) is 26.0 Å². The molecule has 0 aliphatic carbocycles. The zero-order chi connectivity index (χ0) is 15.7. The molecule has 2 aromatic heterocycles. The predicted octanol–water partition coefficient (Wildman–Crippen LogP) is 2.20. The molecule has 0 spiro atoms. The highest BCUT2D eigenvalue weighted by molar-refractivity contribution is 5.62. The Bertz CT molecular complexity index is 789. The van der Waals surface area contributed by atoms with Gasteiger partial charge in [0.1, 0.15) is 17.3 Å². The van der Waals surface area contributed by atoms with E-state index in [9.17, 15) is 4.39 Å². The van der Waals surface area contributed by atoms with Crippen molar-refractivity contribution in [3.63, 3.8) is 0 Å². The van der Waals surface area contributed by atoms with E-state index in [2.05, 4.69) is 15.5 Å². The van der Waals surface area contributed by atoms with Gasteiger partial charge in [-0.2, -0.15) is 0 Å². The van der Waals surface area contributed by atoms with Crippen molar-refractivity contribution in [1.29, 1.82) is 0 Å². The number of aryl methyl sites for hydroxylation is 2. The molecule has 1 aromatic carbocycles. The van der Waals surface area contributed by atoms with Gasteiger partial charge in [0.05, 0.1) is 17.9 Å². The van der Waals surface area contributed by atoms with E-state index in [1.807, 2.05) is 13.8 Å². The molecule has 3 aromatic rings.